The molecule has 0 amide bonds. The zero-order chi connectivity index (χ0) is 11.8. The van der Waals surface area contributed by atoms with Crippen molar-refractivity contribution in [1.29, 1.82) is 5.26 Å². The molecule has 2 aromatic heterocycles. The quantitative estimate of drug-likeness (QED) is 0.663. The molecule has 1 aromatic carbocycles. The average Bonchev–Trinajstić information content (AvgIpc) is 2.91. The summed E-state index contributed by atoms with van der Waals surface area (Å²) >= 11 is 0. The van der Waals surface area contributed by atoms with Gasteiger partial charge in [-0.1, -0.05) is 23.4 Å². The zero-order valence-corrected chi connectivity index (χ0v) is 8.77. The predicted molar refractivity (Wildman–Crippen MR) is 62.9 cm³/mol. The molecule has 0 fully saturated rings. The van der Waals surface area contributed by atoms with Gasteiger partial charge < -0.3 is 15.2 Å². The van der Waals surface area contributed by atoms with Crippen LogP contribution >= 0.6 is 0 Å². The Morgan fingerprint density at radius 1 is 1.35 bits per heavy atom. The molecule has 0 atom stereocenters. The van der Waals surface area contributed by atoms with Gasteiger partial charge in [-0.15, -0.1) is 0 Å². The van der Waals surface area contributed by atoms with E-state index in [-0.39, 0.29) is 11.4 Å². The first-order valence-corrected chi connectivity index (χ1v) is 5.03. The Hall–Kier alpha value is -2.74. The predicted octanol–water partition coefficient (Wildman–Crippen LogP) is 2.28. The minimum Gasteiger partial charge on any atom is -0.366 e. The Kier molecular flexibility index (Phi) is 1.89. The van der Waals surface area contributed by atoms with Crippen molar-refractivity contribution in [2.75, 3.05) is 5.73 Å². The Morgan fingerprint density at radius 3 is 2.94 bits per heavy atom. The van der Waals surface area contributed by atoms with Crippen LogP contribution in [0, 0.1) is 11.3 Å². The van der Waals surface area contributed by atoms with Gasteiger partial charge in [0.2, 0.25) is 5.88 Å². The highest BCUT2D eigenvalue weighted by Gasteiger charge is 2.16. The molecule has 0 saturated carbocycles. The number of nitriles is 1. The smallest absolute Gasteiger partial charge is 0.240 e. The molecule has 5 heteroatoms. The number of hydrogen-bond acceptors (Lipinski definition) is 4. The first-order chi connectivity index (χ1) is 8.29. The molecule has 0 unspecified atom stereocenters. The SMILES string of the molecule is N#Cc1c(-c2cc3ccccc3[nH]2)noc1N. The third-order valence-electron chi connectivity index (χ3n) is 2.62. The standard InChI is InChI=1S/C12H8N4O/c13-6-8-11(16-17-12(8)14)10-5-7-3-1-2-4-9(7)15-10/h1-5,15H,14H2. The van der Waals surface area contributed by atoms with E-state index in [2.05, 4.69) is 10.1 Å². The number of benzene rings is 1. The number of fused-ring (bicyclic) bond motifs is 1. The number of para-hydroxylation sites is 1. The lowest BCUT2D eigenvalue weighted by Crippen LogP contribution is -1.86. The lowest BCUT2D eigenvalue weighted by atomic mass is 10.2. The van der Waals surface area contributed by atoms with Gasteiger partial charge in [-0.2, -0.15) is 5.26 Å². The minimum absolute atomic E-state index is 0.0427. The van der Waals surface area contributed by atoms with E-state index in [1.165, 1.54) is 0 Å². The lowest BCUT2D eigenvalue weighted by molar-refractivity contribution is 0.439. The number of anilines is 1. The molecule has 0 aliphatic rings. The Labute approximate surface area is 96.4 Å². The number of aromatic nitrogens is 2. The fraction of sp³-hybridized carbons (Fsp3) is 0. The van der Waals surface area contributed by atoms with Gasteiger partial charge in [-0.3, -0.25) is 0 Å². The Bertz CT molecular complexity index is 699. The summed E-state index contributed by atoms with van der Waals surface area (Å²) in [6.45, 7) is 0. The fourth-order valence-electron chi connectivity index (χ4n) is 1.80. The van der Waals surface area contributed by atoms with Crippen LogP contribution in [0.3, 0.4) is 0 Å². The summed E-state index contributed by atoms with van der Waals surface area (Å²) in [7, 11) is 0. The fourth-order valence-corrected chi connectivity index (χ4v) is 1.80. The molecule has 3 N–H and O–H groups in total. The van der Waals surface area contributed by atoms with Crippen LogP contribution in [-0.2, 0) is 0 Å². The monoisotopic (exact) mass is 224 g/mol. The molecule has 0 aliphatic carbocycles. The largest absolute Gasteiger partial charge is 0.366 e. The van der Waals surface area contributed by atoms with Gasteiger partial charge in [0.05, 0.1) is 5.69 Å². The number of nitrogen functional groups attached to an aromatic ring is 1. The molecule has 0 spiro atoms. The number of nitrogens with one attached hydrogen (secondary N) is 1. The summed E-state index contributed by atoms with van der Waals surface area (Å²) < 4.78 is 4.82. The van der Waals surface area contributed by atoms with Gasteiger partial charge in [-0.05, 0) is 12.1 Å². The summed E-state index contributed by atoms with van der Waals surface area (Å²) in [4.78, 5) is 3.17. The second-order valence-electron chi connectivity index (χ2n) is 3.65. The van der Waals surface area contributed by atoms with E-state index in [0.29, 0.717) is 5.69 Å². The van der Waals surface area contributed by atoms with Crippen molar-refractivity contribution in [3.63, 3.8) is 0 Å². The maximum Gasteiger partial charge on any atom is 0.240 e. The molecule has 5 nitrogen and oxygen atoms in total. The van der Waals surface area contributed by atoms with Gasteiger partial charge >= 0.3 is 0 Å². The molecule has 17 heavy (non-hydrogen) atoms. The highest BCUT2D eigenvalue weighted by molar-refractivity contribution is 5.86. The number of H-pyrrole nitrogens is 1. The molecule has 0 radical (unpaired) electrons. The highest BCUT2D eigenvalue weighted by atomic mass is 16.5. The normalized spacial score (nSPS) is 10.5. The number of nitrogens with zero attached hydrogens (tertiary/aromatic N) is 2. The van der Waals surface area contributed by atoms with Crippen LogP contribution in [0.5, 0.6) is 0 Å². The van der Waals surface area contributed by atoms with Gasteiger partial charge in [0.25, 0.3) is 0 Å². The summed E-state index contributed by atoms with van der Waals surface area (Å²) in [6, 6.07) is 11.7. The number of rotatable bonds is 1. The van der Waals surface area contributed by atoms with E-state index in [9.17, 15) is 0 Å². The molecule has 2 heterocycles. The first kappa shape index (κ1) is 9.48. The highest BCUT2D eigenvalue weighted by Crippen LogP contribution is 2.28. The number of nitrogens with two attached hydrogens (primary N) is 1. The maximum absolute atomic E-state index is 8.98. The zero-order valence-electron chi connectivity index (χ0n) is 8.77. The van der Waals surface area contributed by atoms with E-state index in [1.807, 2.05) is 36.4 Å². The van der Waals surface area contributed by atoms with Crippen LogP contribution in [0.1, 0.15) is 5.56 Å². The summed E-state index contributed by atoms with van der Waals surface area (Å²) in [5.41, 5.74) is 7.93. The van der Waals surface area contributed by atoms with Gasteiger partial charge in [0, 0.05) is 10.9 Å². The Morgan fingerprint density at radius 2 is 2.18 bits per heavy atom. The van der Waals surface area contributed by atoms with E-state index in [1.54, 1.807) is 0 Å². The number of aromatic amines is 1. The van der Waals surface area contributed by atoms with Crippen molar-refractivity contribution in [1.82, 2.24) is 10.1 Å². The van der Waals surface area contributed by atoms with Crippen LogP contribution in [0.15, 0.2) is 34.9 Å². The van der Waals surface area contributed by atoms with Crippen LogP contribution in [0.2, 0.25) is 0 Å². The molecule has 0 bridgehead atoms. The first-order valence-electron chi connectivity index (χ1n) is 5.03. The van der Waals surface area contributed by atoms with Crippen LogP contribution in [0.4, 0.5) is 5.88 Å². The summed E-state index contributed by atoms with van der Waals surface area (Å²) in [6.07, 6.45) is 0. The van der Waals surface area contributed by atoms with Gasteiger partial charge in [0.15, 0.2) is 0 Å². The van der Waals surface area contributed by atoms with Crippen molar-refractivity contribution in [2.45, 2.75) is 0 Å². The summed E-state index contributed by atoms with van der Waals surface area (Å²) in [5.74, 6) is 0.0427. The van der Waals surface area contributed by atoms with Crippen LogP contribution in [-0.4, -0.2) is 10.1 Å². The van der Waals surface area contributed by atoms with E-state index in [0.717, 1.165) is 16.6 Å². The van der Waals surface area contributed by atoms with Crippen molar-refractivity contribution in [3.05, 3.63) is 35.9 Å². The van der Waals surface area contributed by atoms with Crippen LogP contribution < -0.4 is 5.73 Å². The number of hydrogen-bond donors (Lipinski definition) is 2. The molecule has 0 aliphatic heterocycles. The lowest BCUT2D eigenvalue weighted by Gasteiger charge is -1.89. The van der Waals surface area contributed by atoms with E-state index >= 15 is 0 Å². The van der Waals surface area contributed by atoms with Gasteiger partial charge in [0.1, 0.15) is 17.3 Å². The average molecular weight is 224 g/mol. The third kappa shape index (κ3) is 1.35. The minimum atomic E-state index is 0.0427. The molecule has 0 saturated heterocycles. The van der Waals surface area contributed by atoms with Gasteiger partial charge in [-0.25, -0.2) is 0 Å². The molecule has 82 valence electrons. The van der Waals surface area contributed by atoms with Crippen LogP contribution in [0.25, 0.3) is 22.3 Å². The Balaban J connectivity index is 2.24. The topological polar surface area (TPSA) is 91.6 Å². The van der Waals surface area contributed by atoms with Crippen molar-refractivity contribution < 1.29 is 4.52 Å². The van der Waals surface area contributed by atoms with E-state index in [4.69, 9.17) is 15.5 Å². The summed E-state index contributed by atoms with van der Waals surface area (Å²) in [5, 5.41) is 13.8. The van der Waals surface area contributed by atoms with Crippen molar-refractivity contribution in [3.8, 4) is 17.5 Å². The second-order valence-corrected chi connectivity index (χ2v) is 3.65. The van der Waals surface area contributed by atoms with Crippen molar-refractivity contribution >= 4 is 16.8 Å². The molecular formula is C12H8N4O. The molecule has 3 aromatic rings. The second kappa shape index (κ2) is 3.39. The molecule has 3 rings (SSSR count). The maximum atomic E-state index is 8.98. The third-order valence-corrected chi connectivity index (χ3v) is 2.62. The van der Waals surface area contributed by atoms with E-state index < -0.39 is 0 Å². The molecular weight excluding hydrogens is 216 g/mol. The van der Waals surface area contributed by atoms with Crippen molar-refractivity contribution in [2.24, 2.45) is 0 Å².